The van der Waals surface area contributed by atoms with E-state index in [4.69, 9.17) is 11.6 Å². The standard InChI is InChI=1S/C20H14ClN5O2/c21-14-3-1-12(2-4-14)5-18(27)26-15-6-13(7-22-8-15)19(28)16-10-24-20-17(16)9-23-11-25-20/h1-4,6-11H,5H2,(H,26,27)(H,23,24,25). The lowest BCUT2D eigenvalue weighted by Gasteiger charge is -2.07. The van der Waals surface area contributed by atoms with Crippen molar-refractivity contribution >= 4 is 40.0 Å². The second-order valence-electron chi connectivity index (χ2n) is 6.13. The van der Waals surface area contributed by atoms with Crippen molar-refractivity contribution in [2.75, 3.05) is 5.32 Å². The van der Waals surface area contributed by atoms with Crippen LogP contribution >= 0.6 is 11.6 Å². The maximum atomic E-state index is 12.8. The number of nitrogens with one attached hydrogen (secondary N) is 2. The molecule has 4 rings (SSSR count). The molecule has 2 N–H and O–H groups in total. The first-order chi connectivity index (χ1) is 13.6. The lowest BCUT2D eigenvalue weighted by atomic mass is 10.1. The van der Waals surface area contributed by atoms with E-state index < -0.39 is 0 Å². The van der Waals surface area contributed by atoms with Crippen LogP contribution in [0.5, 0.6) is 0 Å². The van der Waals surface area contributed by atoms with Crippen LogP contribution < -0.4 is 5.32 Å². The molecule has 28 heavy (non-hydrogen) atoms. The van der Waals surface area contributed by atoms with Crippen molar-refractivity contribution in [1.29, 1.82) is 0 Å². The van der Waals surface area contributed by atoms with Crippen LogP contribution in [0.4, 0.5) is 5.69 Å². The summed E-state index contributed by atoms with van der Waals surface area (Å²) in [6, 6.07) is 8.64. The number of pyridine rings is 1. The zero-order valence-corrected chi connectivity index (χ0v) is 15.3. The van der Waals surface area contributed by atoms with Crippen molar-refractivity contribution in [3.05, 3.63) is 83.2 Å². The molecule has 0 aliphatic heterocycles. The molecular formula is C20H14ClN5O2. The summed E-state index contributed by atoms with van der Waals surface area (Å²) in [5.74, 6) is -0.448. The molecular weight excluding hydrogens is 378 g/mol. The Morgan fingerprint density at radius 2 is 1.89 bits per heavy atom. The Balaban J connectivity index is 1.51. The van der Waals surface area contributed by atoms with Gasteiger partial charge in [0.2, 0.25) is 5.91 Å². The van der Waals surface area contributed by atoms with Gasteiger partial charge in [0.15, 0.2) is 5.78 Å². The number of carbonyl (C=O) groups excluding carboxylic acids is 2. The van der Waals surface area contributed by atoms with Gasteiger partial charge in [-0.25, -0.2) is 9.97 Å². The van der Waals surface area contributed by atoms with E-state index >= 15 is 0 Å². The molecule has 0 saturated heterocycles. The van der Waals surface area contributed by atoms with Crippen LogP contribution in [0.15, 0.2) is 61.4 Å². The average molecular weight is 392 g/mol. The molecule has 7 nitrogen and oxygen atoms in total. The molecule has 1 amide bonds. The van der Waals surface area contributed by atoms with E-state index in [9.17, 15) is 9.59 Å². The molecule has 3 heterocycles. The zero-order valence-electron chi connectivity index (χ0n) is 14.5. The van der Waals surface area contributed by atoms with Crippen molar-refractivity contribution in [2.45, 2.75) is 6.42 Å². The fourth-order valence-corrected chi connectivity index (χ4v) is 2.95. The third-order valence-electron chi connectivity index (χ3n) is 4.16. The summed E-state index contributed by atoms with van der Waals surface area (Å²) in [4.78, 5) is 40.2. The van der Waals surface area contributed by atoms with Crippen molar-refractivity contribution in [3.63, 3.8) is 0 Å². The van der Waals surface area contributed by atoms with Gasteiger partial charge in [0.05, 0.1) is 23.9 Å². The van der Waals surface area contributed by atoms with Gasteiger partial charge < -0.3 is 10.3 Å². The predicted molar refractivity (Wildman–Crippen MR) is 105 cm³/mol. The maximum absolute atomic E-state index is 12.8. The third kappa shape index (κ3) is 3.74. The van der Waals surface area contributed by atoms with Crippen LogP contribution in [0.1, 0.15) is 21.5 Å². The highest BCUT2D eigenvalue weighted by Gasteiger charge is 2.16. The van der Waals surface area contributed by atoms with Gasteiger partial charge in [-0.2, -0.15) is 0 Å². The Bertz CT molecular complexity index is 1170. The van der Waals surface area contributed by atoms with Crippen molar-refractivity contribution in [3.8, 4) is 0 Å². The second kappa shape index (κ2) is 7.58. The molecule has 3 aromatic heterocycles. The van der Waals surface area contributed by atoms with Crippen LogP contribution in [0.2, 0.25) is 5.02 Å². The van der Waals surface area contributed by atoms with Crippen LogP contribution in [-0.4, -0.2) is 31.6 Å². The van der Waals surface area contributed by atoms with Crippen LogP contribution in [-0.2, 0) is 11.2 Å². The summed E-state index contributed by atoms with van der Waals surface area (Å²) in [6.45, 7) is 0. The first kappa shape index (κ1) is 17.8. The van der Waals surface area contributed by atoms with Crippen LogP contribution in [0, 0.1) is 0 Å². The molecule has 0 saturated carbocycles. The number of aromatic amines is 1. The Hall–Kier alpha value is -3.58. The largest absolute Gasteiger partial charge is 0.345 e. The predicted octanol–water partition coefficient (Wildman–Crippen LogP) is 3.42. The van der Waals surface area contributed by atoms with Gasteiger partial charge in [-0.15, -0.1) is 0 Å². The summed E-state index contributed by atoms with van der Waals surface area (Å²) in [6.07, 6.45) is 7.72. The van der Waals surface area contributed by atoms with Crippen LogP contribution in [0.3, 0.4) is 0 Å². The number of hydrogen-bond donors (Lipinski definition) is 2. The van der Waals surface area contributed by atoms with Gasteiger partial charge in [-0.3, -0.25) is 14.6 Å². The maximum Gasteiger partial charge on any atom is 0.228 e. The van der Waals surface area contributed by atoms with Crippen molar-refractivity contribution in [1.82, 2.24) is 19.9 Å². The van der Waals surface area contributed by atoms with E-state index in [1.54, 1.807) is 42.7 Å². The molecule has 0 radical (unpaired) electrons. The Kier molecular flexibility index (Phi) is 4.82. The van der Waals surface area contributed by atoms with Gasteiger partial charge in [0.1, 0.15) is 12.0 Å². The van der Waals surface area contributed by atoms with E-state index in [0.29, 0.717) is 32.9 Å². The number of halogens is 1. The number of nitrogens with zero attached hydrogens (tertiary/aromatic N) is 3. The van der Waals surface area contributed by atoms with Gasteiger partial charge in [-0.1, -0.05) is 23.7 Å². The number of fused-ring (bicyclic) bond motifs is 1. The molecule has 8 heteroatoms. The lowest BCUT2D eigenvalue weighted by molar-refractivity contribution is -0.115. The van der Waals surface area contributed by atoms with Crippen LogP contribution in [0.25, 0.3) is 11.0 Å². The Morgan fingerprint density at radius 3 is 2.71 bits per heavy atom. The number of H-pyrrole nitrogens is 1. The number of aromatic nitrogens is 4. The summed E-state index contributed by atoms with van der Waals surface area (Å²) in [5, 5.41) is 4.01. The minimum atomic E-state index is -0.234. The molecule has 1 aromatic carbocycles. The minimum Gasteiger partial charge on any atom is -0.345 e. The number of hydrogen-bond acceptors (Lipinski definition) is 5. The zero-order chi connectivity index (χ0) is 19.5. The van der Waals surface area contributed by atoms with Gasteiger partial charge in [0, 0.05) is 34.6 Å². The minimum absolute atomic E-state index is 0.190. The van der Waals surface area contributed by atoms with Crippen molar-refractivity contribution < 1.29 is 9.59 Å². The first-order valence-electron chi connectivity index (χ1n) is 8.41. The lowest BCUT2D eigenvalue weighted by Crippen LogP contribution is -2.15. The van der Waals surface area contributed by atoms with E-state index in [1.165, 1.54) is 18.7 Å². The number of carbonyl (C=O) groups is 2. The monoisotopic (exact) mass is 391 g/mol. The molecule has 138 valence electrons. The average Bonchev–Trinajstić information content (AvgIpc) is 3.13. The molecule has 4 aromatic rings. The Morgan fingerprint density at radius 1 is 1.07 bits per heavy atom. The summed E-state index contributed by atoms with van der Waals surface area (Å²) in [5.41, 5.74) is 2.66. The fraction of sp³-hybridized carbons (Fsp3) is 0.0500. The fourth-order valence-electron chi connectivity index (χ4n) is 2.83. The highest BCUT2D eigenvalue weighted by Crippen LogP contribution is 2.20. The van der Waals surface area contributed by atoms with Gasteiger partial charge >= 0.3 is 0 Å². The number of benzene rings is 1. The highest BCUT2D eigenvalue weighted by atomic mass is 35.5. The summed E-state index contributed by atoms with van der Waals surface area (Å²) >= 11 is 5.85. The number of anilines is 1. The number of rotatable bonds is 5. The molecule has 0 bridgehead atoms. The number of amides is 1. The smallest absolute Gasteiger partial charge is 0.228 e. The molecule has 0 unspecified atom stereocenters. The van der Waals surface area contributed by atoms with Gasteiger partial charge in [-0.05, 0) is 23.8 Å². The topological polar surface area (TPSA) is 101 Å². The quantitative estimate of drug-likeness (QED) is 0.508. The summed E-state index contributed by atoms with van der Waals surface area (Å²) < 4.78 is 0. The van der Waals surface area contributed by atoms with E-state index in [1.807, 2.05) is 0 Å². The normalized spacial score (nSPS) is 10.8. The van der Waals surface area contributed by atoms with E-state index in [2.05, 4.69) is 25.3 Å². The van der Waals surface area contributed by atoms with Gasteiger partial charge in [0.25, 0.3) is 0 Å². The molecule has 0 aliphatic carbocycles. The first-order valence-corrected chi connectivity index (χ1v) is 8.79. The third-order valence-corrected chi connectivity index (χ3v) is 4.41. The highest BCUT2D eigenvalue weighted by molar-refractivity contribution is 6.30. The Labute approximate surface area is 164 Å². The second-order valence-corrected chi connectivity index (χ2v) is 6.57. The van der Waals surface area contributed by atoms with Crippen molar-refractivity contribution in [2.24, 2.45) is 0 Å². The summed E-state index contributed by atoms with van der Waals surface area (Å²) in [7, 11) is 0. The SMILES string of the molecule is O=C(Cc1ccc(Cl)cc1)Nc1cncc(C(=O)c2c[nH]c3ncncc23)c1. The molecule has 0 spiro atoms. The van der Waals surface area contributed by atoms with E-state index in [0.717, 1.165) is 5.56 Å². The number of ketones is 1. The van der Waals surface area contributed by atoms with E-state index in [-0.39, 0.29) is 18.1 Å². The molecule has 0 fully saturated rings. The molecule has 0 aliphatic rings. The molecule has 0 atom stereocenters.